The van der Waals surface area contributed by atoms with Crippen LogP contribution in [-0.2, 0) is 4.74 Å². The topological polar surface area (TPSA) is 79.8 Å². The van der Waals surface area contributed by atoms with Crippen molar-refractivity contribution in [3.8, 4) is 21.8 Å². The first-order valence-electron chi connectivity index (χ1n) is 8.86. The van der Waals surface area contributed by atoms with E-state index >= 15 is 0 Å². The molecule has 5 heterocycles. The van der Waals surface area contributed by atoms with Crippen LogP contribution in [0.2, 0.25) is 0 Å². The van der Waals surface area contributed by atoms with Crippen LogP contribution in [0.15, 0.2) is 42.9 Å². The lowest BCUT2D eigenvalue weighted by Gasteiger charge is -2.34. The van der Waals surface area contributed by atoms with E-state index in [9.17, 15) is 0 Å². The number of aromatic amines is 1. The molecule has 1 aliphatic heterocycles. The number of hydrogen-bond acceptors (Lipinski definition) is 7. The van der Waals surface area contributed by atoms with Crippen LogP contribution < -0.4 is 4.90 Å². The lowest BCUT2D eigenvalue weighted by Crippen LogP contribution is -2.44. The van der Waals surface area contributed by atoms with Crippen molar-refractivity contribution < 1.29 is 4.74 Å². The maximum Gasteiger partial charge on any atom is 0.130 e. The zero-order valence-electron chi connectivity index (χ0n) is 14.8. The molecule has 0 spiro atoms. The predicted molar refractivity (Wildman–Crippen MR) is 106 cm³/mol. The second kappa shape index (κ2) is 6.71. The molecule has 0 radical (unpaired) electrons. The van der Waals surface area contributed by atoms with Crippen molar-refractivity contribution in [2.45, 2.75) is 13.0 Å². The van der Waals surface area contributed by atoms with Gasteiger partial charge in [-0.25, -0.2) is 9.36 Å². The predicted octanol–water partition coefficient (Wildman–Crippen LogP) is 3.37. The van der Waals surface area contributed by atoms with Gasteiger partial charge in [0.1, 0.15) is 17.0 Å². The van der Waals surface area contributed by atoms with Crippen molar-refractivity contribution in [3.05, 3.63) is 42.9 Å². The minimum Gasteiger partial charge on any atom is -0.377 e. The standard InChI is InChI=1S/C19H18N6OS/c1-12-11-26-9-8-25(12)17-10-14(16-4-7-22-27-16)13-2-5-20-19(18(13)23-17)15-3-6-21-24-15/h2-7,10,12H,8-9,11H2,1H3,(H,21,24)/t12-/m1/s1. The maximum absolute atomic E-state index is 5.60. The highest BCUT2D eigenvalue weighted by Crippen LogP contribution is 2.36. The number of fused-ring (bicyclic) bond motifs is 1. The van der Waals surface area contributed by atoms with Gasteiger partial charge in [-0.3, -0.25) is 10.1 Å². The Morgan fingerprint density at radius 3 is 2.96 bits per heavy atom. The van der Waals surface area contributed by atoms with Crippen LogP contribution in [0.25, 0.3) is 32.7 Å². The number of H-pyrrole nitrogens is 1. The summed E-state index contributed by atoms with van der Waals surface area (Å²) in [5.41, 5.74) is 3.65. The van der Waals surface area contributed by atoms with E-state index in [2.05, 4.69) is 37.4 Å². The zero-order valence-corrected chi connectivity index (χ0v) is 15.6. The van der Waals surface area contributed by atoms with Crippen molar-refractivity contribution >= 4 is 28.3 Å². The molecule has 7 nitrogen and oxygen atoms in total. The van der Waals surface area contributed by atoms with Crippen LogP contribution in [-0.4, -0.2) is 50.3 Å². The molecular formula is C19H18N6OS. The van der Waals surface area contributed by atoms with E-state index in [1.54, 1.807) is 6.20 Å². The quantitative estimate of drug-likeness (QED) is 0.589. The summed E-state index contributed by atoms with van der Waals surface area (Å²) in [7, 11) is 0. The smallest absolute Gasteiger partial charge is 0.130 e. The van der Waals surface area contributed by atoms with Crippen LogP contribution in [0.3, 0.4) is 0 Å². The molecule has 0 aromatic carbocycles. The Hall–Kier alpha value is -2.84. The molecule has 4 aromatic heterocycles. The number of rotatable bonds is 3. The highest BCUT2D eigenvalue weighted by atomic mass is 32.1. The van der Waals surface area contributed by atoms with Crippen LogP contribution in [0.4, 0.5) is 5.82 Å². The van der Waals surface area contributed by atoms with Crippen molar-refractivity contribution in [3.63, 3.8) is 0 Å². The number of anilines is 1. The second-order valence-corrected chi connectivity index (χ2v) is 7.38. The van der Waals surface area contributed by atoms with Gasteiger partial charge in [-0.05, 0) is 42.7 Å². The second-order valence-electron chi connectivity index (χ2n) is 6.55. The third-order valence-corrected chi connectivity index (χ3v) is 5.62. The first-order valence-corrected chi connectivity index (χ1v) is 9.63. The molecule has 1 saturated heterocycles. The molecule has 0 aliphatic carbocycles. The summed E-state index contributed by atoms with van der Waals surface area (Å²) in [6.45, 7) is 4.40. The van der Waals surface area contributed by atoms with Crippen LogP contribution in [0.1, 0.15) is 6.92 Å². The molecule has 1 atom stereocenters. The first kappa shape index (κ1) is 16.3. The number of pyridine rings is 2. The van der Waals surface area contributed by atoms with Crippen molar-refractivity contribution in [1.29, 1.82) is 0 Å². The Morgan fingerprint density at radius 1 is 1.22 bits per heavy atom. The number of ether oxygens (including phenoxy) is 1. The van der Waals surface area contributed by atoms with Gasteiger partial charge in [0.05, 0.1) is 29.8 Å². The van der Waals surface area contributed by atoms with Gasteiger partial charge in [-0.2, -0.15) is 5.10 Å². The number of hydrogen-bond donors (Lipinski definition) is 1. The summed E-state index contributed by atoms with van der Waals surface area (Å²) in [6.07, 6.45) is 5.38. The molecule has 0 unspecified atom stereocenters. The Labute approximate surface area is 160 Å². The van der Waals surface area contributed by atoms with Gasteiger partial charge in [-0.15, -0.1) is 0 Å². The minimum absolute atomic E-state index is 0.269. The van der Waals surface area contributed by atoms with E-state index in [4.69, 9.17) is 9.72 Å². The molecule has 0 amide bonds. The van der Waals surface area contributed by atoms with E-state index < -0.39 is 0 Å². The Bertz CT molecular complexity index is 1060. The van der Waals surface area contributed by atoms with Gasteiger partial charge in [-0.1, -0.05) is 0 Å². The van der Waals surface area contributed by atoms with E-state index in [1.165, 1.54) is 11.5 Å². The van der Waals surface area contributed by atoms with Gasteiger partial charge >= 0.3 is 0 Å². The average Bonchev–Trinajstić information content (AvgIpc) is 3.41. The van der Waals surface area contributed by atoms with Gasteiger partial charge in [0.15, 0.2) is 0 Å². The first-order chi connectivity index (χ1) is 13.3. The zero-order chi connectivity index (χ0) is 18.2. The lowest BCUT2D eigenvalue weighted by molar-refractivity contribution is 0.0986. The maximum atomic E-state index is 5.60. The summed E-state index contributed by atoms with van der Waals surface area (Å²) >= 11 is 1.49. The van der Waals surface area contributed by atoms with E-state index in [1.807, 2.05) is 30.6 Å². The van der Waals surface area contributed by atoms with Gasteiger partial charge in [0.25, 0.3) is 0 Å². The number of morpholine rings is 1. The normalized spacial score (nSPS) is 17.5. The van der Waals surface area contributed by atoms with Crippen LogP contribution >= 0.6 is 11.5 Å². The fourth-order valence-corrected chi connectivity index (χ4v) is 4.12. The van der Waals surface area contributed by atoms with Crippen LogP contribution in [0.5, 0.6) is 0 Å². The van der Waals surface area contributed by atoms with Crippen LogP contribution in [0, 0.1) is 0 Å². The highest BCUT2D eigenvalue weighted by Gasteiger charge is 2.23. The third kappa shape index (κ3) is 2.87. The molecular weight excluding hydrogens is 360 g/mol. The van der Waals surface area contributed by atoms with Crippen molar-refractivity contribution in [2.24, 2.45) is 0 Å². The highest BCUT2D eigenvalue weighted by molar-refractivity contribution is 7.09. The van der Waals surface area contributed by atoms with Crippen molar-refractivity contribution in [2.75, 3.05) is 24.7 Å². The Balaban J connectivity index is 1.78. The average molecular weight is 378 g/mol. The number of nitrogens with one attached hydrogen (secondary N) is 1. The minimum atomic E-state index is 0.269. The Kier molecular flexibility index (Phi) is 4.06. The van der Waals surface area contributed by atoms with Gasteiger partial charge in [0.2, 0.25) is 0 Å². The fraction of sp³-hybridized carbons (Fsp3) is 0.263. The SMILES string of the molecule is C[C@@H]1COCCN1c1cc(-c2ccns2)c2ccnc(-c3ccn[nH]3)c2n1. The van der Waals surface area contributed by atoms with E-state index in [-0.39, 0.29) is 6.04 Å². The molecule has 4 aromatic rings. The molecule has 1 fully saturated rings. The third-order valence-electron chi connectivity index (χ3n) is 4.84. The van der Waals surface area contributed by atoms with E-state index in [0.717, 1.165) is 45.1 Å². The number of aromatic nitrogens is 5. The monoisotopic (exact) mass is 378 g/mol. The summed E-state index contributed by atoms with van der Waals surface area (Å²) in [4.78, 5) is 13.0. The van der Waals surface area contributed by atoms with Crippen molar-refractivity contribution in [1.82, 2.24) is 24.5 Å². The Morgan fingerprint density at radius 2 is 2.19 bits per heavy atom. The van der Waals surface area contributed by atoms with Gasteiger partial charge < -0.3 is 9.64 Å². The molecule has 136 valence electrons. The van der Waals surface area contributed by atoms with E-state index in [0.29, 0.717) is 13.2 Å². The largest absolute Gasteiger partial charge is 0.377 e. The molecule has 1 aliphatic rings. The summed E-state index contributed by atoms with van der Waals surface area (Å²) < 4.78 is 9.89. The molecule has 8 heteroatoms. The molecule has 1 N–H and O–H groups in total. The summed E-state index contributed by atoms with van der Waals surface area (Å²) in [5.74, 6) is 0.940. The number of nitrogens with zero attached hydrogens (tertiary/aromatic N) is 5. The molecule has 27 heavy (non-hydrogen) atoms. The van der Waals surface area contributed by atoms with Gasteiger partial charge in [0, 0.05) is 36.1 Å². The summed E-state index contributed by atoms with van der Waals surface area (Å²) in [5, 5.41) is 8.14. The molecule has 0 saturated carbocycles. The molecule has 0 bridgehead atoms. The lowest BCUT2D eigenvalue weighted by atomic mass is 10.1. The molecule has 5 rings (SSSR count). The summed E-state index contributed by atoms with van der Waals surface area (Å²) in [6, 6.07) is 8.41. The fourth-order valence-electron chi connectivity index (χ4n) is 3.50.